The third-order valence-electron chi connectivity index (χ3n) is 3.94. The van der Waals surface area contributed by atoms with Crippen LogP contribution in [0.1, 0.15) is 31.5 Å². The topological polar surface area (TPSA) is 58.5 Å². The number of nitrogens with zero attached hydrogens (tertiary/aromatic N) is 3. The number of fused-ring (bicyclic) bond motifs is 2. The summed E-state index contributed by atoms with van der Waals surface area (Å²) in [5.41, 5.74) is 0.912. The van der Waals surface area contributed by atoms with E-state index in [9.17, 15) is 5.11 Å². The van der Waals surface area contributed by atoms with Gasteiger partial charge in [-0.05, 0) is 25.7 Å². The van der Waals surface area contributed by atoms with Gasteiger partial charge in [-0.2, -0.15) is 4.37 Å². The molecule has 0 saturated carbocycles. The maximum Gasteiger partial charge on any atom is 0.251 e. The molecule has 4 atom stereocenters. The highest BCUT2D eigenvalue weighted by molar-refractivity contribution is 6.99. The first-order chi connectivity index (χ1) is 9.29. The van der Waals surface area contributed by atoms with Crippen molar-refractivity contribution in [2.24, 2.45) is 5.92 Å². The Labute approximate surface area is 116 Å². The van der Waals surface area contributed by atoms with Crippen molar-refractivity contribution in [1.82, 2.24) is 13.6 Å². The first kappa shape index (κ1) is 12.9. The molecule has 4 unspecified atom stereocenters. The average molecular weight is 279 g/mol. The number of aliphatic hydroxyl groups is 1. The quantitative estimate of drug-likeness (QED) is 0.839. The Morgan fingerprint density at radius 3 is 3.16 bits per heavy atom. The Kier molecular flexibility index (Phi) is 3.69. The zero-order chi connectivity index (χ0) is 13.2. The molecule has 19 heavy (non-hydrogen) atoms. The highest BCUT2D eigenvalue weighted by Crippen LogP contribution is 2.41. The number of hydrogen-bond donors (Lipinski definition) is 1. The Balaban J connectivity index is 1.75. The van der Waals surface area contributed by atoms with Crippen LogP contribution in [-0.4, -0.2) is 44.6 Å². The minimum absolute atomic E-state index is 0.188. The van der Waals surface area contributed by atoms with Gasteiger partial charge in [-0.3, -0.25) is 4.90 Å². The molecule has 1 aromatic heterocycles. The normalized spacial score (nSPS) is 32.7. The van der Waals surface area contributed by atoms with Gasteiger partial charge in [0, 0.05) is 13.1 Å². The summed E-state index contributed by atoms with van der Waals surface area (Å²) in [6, 6.07) is 0.233. The van der Waals surface area contributed by atoms with Crippen LogP contribution in [0.5, 0.6) is 5.88 Å². The van der Waals surface area contributed by atoms with Gasteiger partial charge in [-0.25, -0.2) is 0 Å². The number of rotatable bonds is 3. The van der Waals surface area contributed by atoms with Crippen molar-refractivity contribution in [2.75, 3.05) is 19.7 Å². The van der Waals surface area contributed by atoms with E-state index < -0.39 is 0 Å². The van der Waals surface area contributed by atoms with Gasteiger partial charge in [-0.15, -0.1) is 10.3 Å². The average Bonchev–Trinajstić information content (AvgIpc) is 2.97. The largest absolute Gasteiger partial charge is 0.463 e. The van der Waals surface area contributed by atoms with Crippen LogP contribution in [0.2, 0.25) is 0 Å². The van der Waals surface area contributed by atoms with Crippen LogP contribution in [-0.2, 0) is 0 Å². The summed E-state index contributed by atoms with van der Waals surface area (Å²) in [4.78, 5) is 2.30. The third-order valence-corrected chi connectivity index (χ3v) is 4.47. The van der Waals surface area contributed by atoms with Crippen LogP contribution in [0.15, 0.2) is 0 Å². The number of aromatic nitrogens is 2. The molecule has 1 N–H and O–H groups in total. The molecular weight excluding hydrogens is 262 g/mol. The van der Waals surface area contributed by atoms with E-state index in [2.05, 4.69) is 25.5 Å². The summed E-state index contributed by atoms with van der Waals surface area (Å²) in [7, 11) is 0. The number of aliphatic hydroxyl groups excluding tert-OH is 1. The van der Waals surface area contributed by atoms with Crippen molar-refractivity contribution >= 4 is 11.7 Å². The fourth-order valence-electron chi connectivity index (χ4n) is 2.96. The second-order valence-electron chi connectivity index (χ2n) is 5.04. The molecule has 0 amide bonds. The highest BCUT2D eigenvalue weighted by atomic mass is 32.1. The second-order valence-corrected chi connectivity index (χ2v) is 5.57. The Hall–Kier alpha value is -1.16. The van der Waals surface area contributed by atoms with Crippen LogP contribution in [0.3, 0.4) is 0 Å². The van der Waals surface area contributed by atoms with Crippen molar-refractivity contribution < 1.29 is 9.84 Å². The van der Waals surface area contributed by atoms with Crippen LogP contribution in [0.4, 0.5) is 0 Å². The fourth-order valence-corrected chi connectivity index (χ4v) is 3.51. The van der Waals surface area contributed by atoms with Gasteiger partial charge in [0.25, 0.3) is 5.88 Å². The van der Waals surface area contributed by atoms with E-state index in [1.54, 1.807) is 6.92 Å². The molecule has 3 rings (SSSR count). The first-order valence-corrected chi connectivity index (χ1v) is 7.29. The molecule has 2 fully saturated rings. The molecule has 2 saturated heterocycles. The lowest BCUT2D eigenvalue weighted by Gasteiger charge is -2.30. The van der Waals surface area contributed by atoms with Gasteiger partial charge >= 0.3 is 0 Å². The molecule has 0 radical (unpaired) electrons. The van der Waals surface area contributed by atoms with Crippen molar-refractivity contribution in [3.05, 3.63) is 5.69 Å². The number of ether oxygens (including phenoxy) is 1. The zero-order valence-electron chi connectivity index (χ0n) is 10.9. The van der Waals surface area contributed by atoms with Crippen LogP contribution < -0.4 is 4.74 Å². The maximum atomic E-state index is 9.93. The minimum atomic E-state index is -0.188. The van der Waals surface area contributed by atoms with Crippen LogP contribution in [0.25, 0.3) is 0 Å². The second kappa shape index (κ2) is 5.45. The molecule has 2 bridgehead atoms. The van der Waals surface area contributed by atoms with Gasteiger partial charge in [0.1, 0.15) is 5.69 Å². The summed E-state index contributed by atoms with van der Waals surface area (Å²) in [6.07, 6.45) is 1.88. The molecule has 0 spiro atoms. The van der Waals surface area contributed by atoms with E-state index in [1.807, 2.05) is 0 Å². The summed E-state index contributed by atoms with van der Waals surface area (Å²) in [5, 5.41) is 9.93. The van der Waals surface area contributed by atoms with E-state index in [1.165, 1.54) is 11.7 Å². The molecule has 102 valence electrons. The summed E-state index contributed by atoms with van der Waals surface area (Å²) in [5.74, 6) is 6.70. The Morgan fingerprint density at radius 1 is 1.42 bits per heavy atom. The van der Waals surface area contributed by atoms with Gasteiger partial charge in [0.2, 0.25) is 0 Å². The summed E-state index contributed by atoms with van der Waals surface area (Å²) in [6.45, 7) is 3.84. The minimum Gasteiger partial charge on any atom is -0.463 e. The first-order valence-electron chi connectivity index (χ1n) is 6.56. The predicted octanol–water partition coefficient (Wildman–Crippen LogP) is 1.07. The molecule has 2 aliphatic heterocycles. The van der Waals surface area contributed by atoms with Gasteiger partial charge in [-0.1, -0.05) is 5.92 Å². The van der Waals surface area contributed by atoms with Crippen molar-refractivity contribution in [3.8, 4) is 17.7 Å². The van der Waals surface area contributed by atoms with Gasteiger partial charge in [0.15, 0.2) is 6.61 Å². The van der Waals surface area contributed by atoms with E-state index >= 15 is 0 Å². The van der Waals surface area contributed by atoms with E-state index in [4.69, 9.17) is 4.74 Å². The Morgan fingerprint density at radius 2 is 2.32 bits per heavy atom. The molecule has 2 aliphatic rings. The van der Waals surface area contributed by atoms with E-state index in [0.29, 0.717) is 18.4 Å². The summed E-state index contributed by atoms with van der Waals surface area (Å²) < 4.78 is 14.2. The smallest absolute Gasteiger partial charge is 0.251 e. The number of hydrogen-bond acceptors (Lipinski definition) is 6. The Bertz CT molecular complexity index is 505. The van der Waals surface area contributed by atoms with Crippen molar-refractivity contribution in [3.63, 3.8) is 0 Å². The fraction of sp³-hybridized carbons (Fsp3) is 0.692. The molecule has 0 aliphatic carbocycles. The van der Waals surface area contributed by atoms with Gasteiger partial charge in [0.05, 0.1) is 23.9 Å². The zero-order valence-corrected chi connectivity index (χ0v) is 11.7. The SMILES string of the molecule is CC#CCOc1nsnc1C1CCC2CN1CC2O. The van der Waals surface area contributed by atoms with Gasteiger partial charge < -0.3 is 9.84 Å². The maximum absolute atomic E-state index is 9.93. The molecular formula is C13H17N3O2S. The molecule has 1 aromatic rings. The number of piperidine rings is 1. The van der Waals surface area contributed by atoms with Crippen molar-refractivity contribution in [1.29, 1.82) is 0 Å². The molecule has 3 heterocycles. The van der Waals surface area contributed by atoms with Crippen molar-refractivity contribution in [2.45, 2.75) is 31.9 Å². The highest BCUT2D eigenvalue weighted by Gasteiger charge is 2.41. The molecule has 6 heteroatoms. The lowest BCUT2D eigenvalue weighted by molar-refractivity contribution is 0.144. The van der Waals surface area contributed by atoms with E-state index in [0.717, 1.165) is 31.6 Å². The van der Waals surface area contributed by atoms with Crippen LogP contribution >= 0.6 is 11.7 Å². The third kappa shape index (κ3) is 2.46. The van der Waals surface area contributed by atoms with Crippen LogP contribution in [0, 0.1) is 17.8 Å². The lowest BCUT2D eigenvalue weighted by atomic mass is 9.93. The standard InChI is InChI=1S/C13H17N3O2S/c1-2-3-6-18-13-12(14-19-15-13)10-5-4-9-7-16(10)8-11(9)17/h9-11,17H,4-8H2,1H3. The molecule has 0 aromatic carbocycles. The van der Waals surface area contributed by atoms with E-state index in [-0.39, 0.29) is 12.1 Å². The molecule has 5 nitrogen and oxygen atoms in total. The summed E-state index contributed by atoms with van der Waals surface area (Å²) >= 11 is 1.18. The lowest BCUT2D eigenvalue weighted by Crippen LogP contribution is -2.31. The predicted molar refractivity (Wildman–Crippen MR) is 71.9 cm³/mol. The monoisotopic (exact) mass is 279 g/mol.